The summed E-state index contributed by atoms with van der Waals surface area (Å²) in [5, 5.41) is 0. The molecule has 3 nitrogen and oxygen atoms in total. The lowest BCUT2D eigenvalue weighted by atomic mass is 9.64. The second-order valence-corrected chi connectivity index (χ2v) is 6.12. The third kappa shape index (κ3) is 2.03. The number of aromatic amines is 1. The van der Waals surface area contributed by atoms with E-state index in [1.165, 1.54) is 12.0 Å². The molecule has 3 rings (SSSR count). The smallest absolute Gasteiger partial charge is 0.265 e. The number of halogens is 1. The van der Waals surface area contributed by atoms with E-state index in [1.54, 1.807) is 0 Å². The van der Waals surface area contributed by atoms with Gasteiger partial charge in [-0.2, -0.15) is 0 Å². The van der Waals surface area contributed by atoms with E-state index >= 15 is 0 Å². The van der Waals surface area contributed by atoms with Gasteiger partial charge < -0.3 is 4.98 Å². The van der Waals surface area contributed by atoms with Crippen LogP contribution in [0.5, 0.6) is 0 Å². The average Bonchev–Trinajstić information content (AvgIpc) is 2.42. The minimum Gasteiger partial charge on any atom is -0.309 e. The Morgan fingerprint density at radius 2 is 2.00 bits per heavy atom. The first-order chi connectivity index (χ1) is 9.67. The fraction of sp³-hybridized carbons (Fsp3) is 0.375. The first kappa shape index (κ1) is 13.6. The fourth-order valence-electron chi connectivity index (χ4n) is 2.92. The molecular formula is C16H17BrN2O. The highest BCUT2D eigenvalue weighted by Crippen LogP contribution is 2.47. The molecule has 2 aromatic rings. The van der Waals surface area contributed by atoms with Gasteiger partial charge in [0.25, 0.3) is 5.56 Å². The Balaban J connectivity index is 2.16. The summed E-state index contributed by atoms with van der Waals surface area (Å²) in [6.45, 7) is 2.02. The maximum Gasteiger partial charge on any atom is 0.265 e. The number of benzene rings is 1. The van der Waals surface area contributed by atoms with Crippen molar-refractivity contribution >= 4 is 15.9 Å². The minimum absolute atomic E-state index is 0.0749. The van der Waals surface area contributed by atoms with Crippen molar-refractivity contribution in [2.24, 2.45) is 0 Å². The Labute approximate surface area is 126 Å². The summed E-state index contributed by atoms with van der Waals surface area (Å²) in [5.41, 5.74) is 1.91. The third-order valence-corrected chi connectivity index (χ3v) is 5.07. The van der Waals surface area contributed by atoms with Crippen LogP contribution in [0.1, 0.15) is 43.3 Å². The Bertz CT molecular complexity index is 675. The van der Waals surface area contributed by atoms with Crippen molar-refractivity contribution in [2.45, 2.75) is 38.0 Å². The van der Waals surface area contributed by atoms with Crippen LogP contribution < -0.4 is 5.56 Å². The van der Waals surface area contributed by atoms with E-state index in [4.69, 9.17) is 4.98 Å². The predicted molar refractivity (Wildman–Crippen MR) is 83.0 cm³/mol. The zero-order valence-electron chi connectivity index (χ0n) is 11.4. The van der Waals surface area contributed by atoms with Crippen LogP contribution in [0.4, 0.5) is 0 Å². The zero-order valence-corrected chi connectivity index (χ0v) is 13.0. The maximum atomic E-state index is 12.1. The molecule has 20 heavy (non-hydrogen) atoms. The van der Waals surface area contributed by atoms with Crippen molar-refractivity contribution in [3.05, 3.63) is 62.2 Å². The summed E-state index contributed by atoms with van der Waals surface area (Å²) < 4.78 is 0.561. The van der Waals surface area contributed by atoms with Gasteiger partial charge in [-0.05, 0) is 40.8 Å². The quantitative estimate of drug-likeness (QED) is 0.933. The van der Waals surface area contributed by atoms with Gasteiger partial charge in [-0.1, -0.05) is 43.7 Å². The molecule has 1 fully saturated rings. The van der Waals surface area contributed by atoms with Gasteiger partial charge in [0.1, 0.15) is 10.3 Å². The van der Waals surface area contributed by atoms with Gasteiger partial charge in [-0.3, -0.25) is 4.79 Å². The number of rotatable bonds is 3. The second-order valence-electron chi connectivity index (χ2n) is 5.33. The summed E-state index contributed by atoms with van der Waals surface area (Å²) in [6.07, 6.45) is 4.02. The largest absolute Gasteiger partial charge is 0.309 e. The minimum atomic E-state index is -0.106. The monoisotopic (exact) mass is 332 g/mol. The Kier molecular flexibility index (Phi) is 3.50. The molecule has 1 aromatic carbocycles. The molecule has 104 valence electrons. The molecule has 0 atom stereocenters. The molecular weight excluding hydrogens is 316 g/mol. The van der Waals surface area contributed by atoms with Gasteiger partial charge in [0.2, 0.25) is 0 Å². The normalized spacial score (nSPS) is 16.7. The number of aryl methyl sites for hydroxylation is 1. The Morgan fingerprint density at radius 1 is 1.30 bits per heavy atom. The number of hydrogen-bond acceptors (Lipinski definition) is 2. The van der Waals surface area contributed by atoms with Gasteiger partial charge in [-0.15, -0.1) is 0 Å². The topological polar surface area (TPSA) is 45.8 Å². The molecule has 0 amide bonds. The fourth-order valence-corrected chi connectivity index (χ4v) is 3.38. The van der Waals surface area contributed by atoms with Crippen molar-refractivity contribution in [3.63, 3.8) is 0 Å². The number of nitrogens with zero attached hydrogens (tertiary/aromatic N) is 1. The summed E-state index contributed by atoms with van der Waals surface area (Å²) in [7, 11) is 0. The molecule has 1 saturated carbocycles. The first-order valence-corrected chi connectivity index (χ1v) is 7.81. The van der Waals surface area contributed by atoms with Gasteiger partial charge in [0.05, 0.1) is 11.1 Å². The van der Waals surface area contributed by atoms with E-state index in [2.05, 4.69) is 33.0 Å². The van der Waals surface area contributed by atoms with E-state index in [0.717, 1.165) is 30.8 Å². The zero-order chi connectivity index (χ0) is 14.2. The van der Waals surface area contributed by atoms with Crippen molar-refractivity contribution in [3.8, 4) is 0 Å². The van der Waals surface area contributed by atoms with Gasteiger partial charge in [0.15, 0.2) is 0 Å². The SMILES string of the molecule is CCc1nc(C2(c3ccccc3)CCC2)[nH]c(=O)c1Br. The second kappa shape index (κ2) is 5.17. The summed E-state index contributed by atoms with van der Waals surface area (Å²) in [6, 6.07) is 10.4. The van der Waals surface area contributed by atoms with Crippen LogP contribution in [-0.4, -0.2) is 9.97 Å². The predicted octanol–water partition coefficient (Wildman–Crippen LogP) is 3.56. The molecule has 4 heteroatoms. The molecule has 1 heterocycles. The highest BCUT2D eigenvalue weighted by molar-refractivity contribution is 9.10. The highest BCUT2D eigenvalue weighted by atomic mass is 79.9. The van der Waals surface area contributed by atoms with Gasteiger partial charge in [-0.25, -0.2) is 4.98 Å². The molecule has 0 unspecified atom stereocenters. The molecule has 1 N–H and O–H groups in total. The molecule has 0 aliphatic heterocycles. The molecule has 0 radical (unpaired) electrons. The van der Waals surface area contributed by atoms with E-state index in [1.807, 2.05) is 25.1 Å². The van der Waals surface area contributed by atoms with Crippen molar-refractivity contribution in [1.29, 1.82) is 0 Å². The molecule has 0 bridgehead atoms. The molecule has 1 aliphatic rings. The Morgan fingerprint density at radius 3 is 2.55 bits per heavy atom. The van der Waals surface area contributed by atoms with E-state index < -0.39 is 0 Å². The van der Waals surface area contributed by atoms with Crippen LogP contribution in [0.3, 0.4) is 0 Å². The van der Waals surface area contributed by atoms with E-state index in [0.29, 0.717) is 4.47 Å². The van der Waals surface area contributed by atoms with Crippen molar-refractivity contribution in [1.82, 2.24) is 9.97 Å². The summed E-state index contributed by atoms with van der Waals surface area (Å²) in [4.78, 5) is 19.8. The summed E-state index contributed by atoms with van der Waals surface area (Å²) in [5.74, 6) is 0.819. The van der Waals surface area contributed by atoms with Gasteiger partial charge in [0, 0.05) is 0 Å². The van der Waals surface area contributed by atoms with Crippen LogP contribution >= 0.6 is 15.9 Å². The van der Waals surface area contributed by atoms with Crippen molar-refractivity contribution in [2.75, 3.05) is 0 Å². The first-order valence-electron chi connectivity index (χ1n) is 7.02. The van der Waals surface area contributed by atoms with Crippen LogP contribution in [0.25, 0.3) is 0 Å². The number of aromatic nitrogens is 2. The molecule has 1 aliphatic carbocycles. The number of H-pyrrole nitrogens is 1. The highest BCUT2D eigenvalue weighted by Gasteiger charge is 2.42. The number of nitrogens with one attached hydrogen (secondary N) is 1. The van der Waals surface area contributed by atoms with E-state index in [9.17, 15) is 4.79 Å². The molecule has 0 saturated heterocycles. The Hall–Kier alpha value is -1.42. The lowest BCUT2D eigenvalue weighted by molar-refractivity contribution is 0.283. The number of hydrogen-bond donors (Lipinski definition) is 1. The van der Waals surface area contributed by atoms with Crippen LogP contribution in [0, 0.1) is 0 Å². The third-order valence-electron chi connectivity index (χ3n) is 4.25. The molecule has 0 spiro atoms. The molecule has 1 aromatic heterocycles. The standard InChI is InChI=1S/C16H17BrN2O/c1-2-12-13(17)14(20)19-15(18-12)16(9-6-10-16)11-7-4-3-5-8-11/h3-5,7-8H,2,6,9-10H2,1H3,(H,18,19,20). The van der Waals surface area contributed by atoms with Gasteiger partial charge >= 0.3 is 0 Å². The average molecular weight is 333 g/mol. The van der Waals surface area contributed by atoms with Crippen molar-refractivity contribution < 1.29 is 0 Å². The lowest BCUT2D eigenvalue weighted by Crippen LogP contribution is -2.39. The maximum absolute atomic E-state index is 12.1. The van der Waals surface area contributed by atoms with E-state index in [-0.39, 0.29) is 11.0 Å². The van der Waals surface area contributed by atoms with Crippen LogP contribution in [-0.2, 0) is 11.8 Å². The van der Waals surface area contributed by atoms with Crippen LogP contribution in [0.2, 0.25) is 0 Å². The van der Waals surface area contributed by atoms with Crippen LogP contribution in [0.15, 0.2) is 39.6 Å². The summed E-state index contributed by atoms with van der Waals surface area (Å²) >= 11 is 3.33. The lowest BCUT2D eigenvalue weighted by Gasteiger charge is -2.41.